The predicted molar refractivity (Wildman–Crippen MR) is 87.2 cm³/mol. The van der Waals surface area contributed by atoms with Crippen molar-refractivity contribution in [2.45, 2.75) is 32.3 Å². The molecule has 22 heavy (non-hydrogen) atoms. The van der Waals surface area contributed by atoms with Gasteiger partial charge in [0.1, 0.15) is 17.0 Å². The molecule has 6 nitrogen and oxygen atoms in total. The van der Waals surface area contributed by atoms with Crippen LogP contribution in [0.25, 0.3) is 10.2 Å². The number of aromatic nitrogens is 2. The summed E-state index contributed by atoms with van der Waals surface area (Å²) >= 11 is 1.64. The van der Waals surface area contributed by atoms with Crippen molar-refractivity contribution in [1.82, 2.24) is 15.3 Å². The van der Waals surface area contributed by atoms with E-state index in [1.165, 1.54) is 4.88 Å². The molecule has 3 rings (SSSR count). The fourth-order valence-corrected chi connectivity index (χ4v) is 3.38. The molecule has 0 aromatic carbocycles. The maximum Gasteiger partial charge on any atom is 0.221 e. The number of nitrogens with zero attached hydrogens (tertiary/aromatic N) is 2. The van der Waals surface area contributed by atoms with Gasteiger partial charge in [-0.05, 0) is 25.8 Å². The highest BCUT2D eigenvalue weighted by atomic mass is 32.1. The highest BCUT2D eigenvalue weighted by Gasteiger charge is 2.16. The molecule has 2 N–H and O–H groups in total. The SMILES string of the molecule is Cc1cc2c(NCCC(=O)NC[C@H]3CCCO3)ncnc2s1. The van der Waals surface area contributed by atoms with Gasteiger partial charge < -0.3 is 15.4 Å². The maximum atomic E-state index is 11.8. The molecule has 2 aromatic heterocycles. The van der Waals surface area contributed by atoms with Crippen LogP contribution in [0.2, 0.25) is 0 Å². The average molecular weight is 320 g/mol. The van der Waals surface area contributed by atoms with Crippen LogP contribution in [0.15, 0.2) is 12.4 Å². The fraction of sp³-hybridized carbons (Fsp3) is 0.533. The summed E-state index contributed by atoms with van der Waals surface area (Å²) in [6.45, 7) is 4.03. The van der Waals surface area contributed by atoms with Gasteiger partial charge in [-0.3, -0.25) is 4.79 Å². The zero-order valence-electron chi connectivity index (χ0n) is 12.6. The highest BCUT2D eigenvalue weighted by molar-refractivity contribution is 7.18. The molecular weight excluding hydrogens is 300 g/mol. The van der Waals surface area contributed by atoms with E-state index in [-0.39, 0.29) is 12.0 Å². The molecule has 1 atom stereocenters. The van der Waals surface area contributed by atoms with Gasteiger partial charge in [0.25, 0.3) is 0 Å². The van der Waals surface area contributed by atoms with Crippen molar-refractivity contribution in [3.63, 3.8) is 0 Å². The topological polar surface area (TPSA) is 76.1 Å². The molecule has 1 saturated heterocycles. The molecule has 0 bridgehead atoms. The van der Waals surface area contributed by atoms with E-state index in [9.17, 15) is 4.79 Å². The molecule has 1 aliphatic heterocycles. The number of anilines is 1. The van der Waals surface area contributed by atoms with Crippen molar-refractivity contribution in [2.24, 2.45) is 0 Å². The molecule has 0 spiro atoms. The van der Waals surface area contributed by atoms with E-state index in [0.29, 0.717) is 19.5 Å². The molecule has 0 radical (unpaired) electrons. The summed E-state index contributed by atoms with van der Waals surface area (Å²) in [7, 11) is 0. The quantitative estimate of drug-likeness (QED) is 0.852. The van der Waals surface area contributed by atoms with E-state index in [1.807, 2.05) is 0 Å². The Morgan fingerprint density at radius 2 is 2.41 bits per heavy atom. The number of fused-ring (bicyclic) bond motifs is 1. The van der Waals surface area contributed by atoms with Gasteiger partial charge in [0.2, 0.25) is 5.91 Å². The van der Waals surface area contributed by atoms with E-state index in [2.05, 4.69) is 33.6 Å². The minimum absolute atomic E-state index is 0.0369. The number of hydrogen-bond acceptors (Lipinski definition) is 6. The lowest BCUT2D eigenvalue weighted by atomic mass is 10.2. The monoisotopic (exact) mass is 320 g/mol. The van der Waals surface area contributed by atoms with Crippen LogP contribution in [0.4, 0.5) is 5.82 Å². The van der Waals surface area contributed by atoms with Crippen molar-refractivity contribution in [1.29, 1.82) is 0 Å². The molecule has 2 aromatic rings. The Morgan fingerprint density at radius 3 is 3.23 bits per heavy atom. The van der Waals surface area contributed by atoms with Gasteiger partial charge in [-0.25, -0.2) is 9.97 Å². The zero-order chi connectivity index (χ0) is 15.4. The lowest BCUT2D eigenvalue weighted by molar-refractivity contribution is -0.121. The van der Waals surface area contributed by atoms with Gasteiger partial charge >= 0.3 is 0 Å². The van der Waals surface area contributed by atoms with Gasteiger partial charge in [-0.2, -0.15) is 0 Å². The minimum atomic E-state index is 0.0369. The number of carbonyl (C=O) groups is 1. The largest absolute Gasteiger partial charge is 0.376 e. The second-order valence-electron chi connectivity index (χ2n) is 5.41. The first-order chi connectivity index (χ1) is 10.7. The van der Waals surface area contributed by atoms with Crippen molar-refractivity contribution in [2.75, 3.05) is 25.0 Å². The Kier molecular flexibility index (Phi) is 4.84. The summed E-state index contributed by atoms with van der Waals surface area (Å²) in [5.74, 6) is 0.830. The number of aryl methyl sites for hydroxylation is 1. The molecule has 3 heterocycles. The molecule has 7 heteroatoms. The molecule has 0 unspecified atom stereocenters. The fourth-order valence-electron chi connectivity index (χ4n) is 2.53. The van der Waals surface area contributed by atoms with Crippen molar-refractivity contribution < 1.29 is 9.53 Å². The Labute approximate surface area is 133 Å². The maximum absolute atomic E-state index is 11.8. The Morgan fingerprint density at radius 1 is 1.50 bits per heavy atom. The molecule has 0 saturated carbocycles. The van der Waals surface area contributed by atoms with Crippen LogP contribution in [0.1, 0.15) is 24.1 Å². The summed E-state index contributed by atoms with van der Waals surface area (Å²) in [5.41, 5.74) is 0. The Bertz CT molecular complexity index is 652. The number of carbonyl (C=O) groups excluding carboxylic acids is 1. The van der Waals surface area contributed by atoms with Crippen molar-refractivity contribution in [3.05, 3.63) is 17.3 Å². The molecule has 1 amide bonds. The summed E-state index contributed by atoms with van der Waals surface area (Å²) in [5, 5.41) is 7.16. The first-order valence-corrected chi connectivity index (χ1v) is 8.37. The van der Waals surface area contributed by atoms with E-state index in [4.69, 9.17) is 4.74 Å². The number of hydrogen-bond donors (Lipinski definition) is 2. The van der Waals surface area contributed by atoms with Crippen LogP contribution in [0, 0.1) is 6.92 Å². The summed E-state index contributed by atoms with van der Waals surface area (Å²) in [6, 6.07) is 2.07. The van der Waals surface area contributed by atoms with Gasteiger partial charge in [-0.1, -0.05) is 0 Å². The molecule has 118 valence electrons. The summed E-state index contributed by atoms with van der Waals surface area (Å²) in [6.07, 6.45) is 4.28. The lowest BCUT2D eigenvalue weighted by Crippen LogP contribution is -2.32. The molecular formula is C15H20N4O2S. The van der Waals surface area contributed by atoms with E-state index >= 15 is 0 Å². The standard InChI is InChI=1S/C15H20N4O2S/c1-10-7-12-14(18-9-19-15(12)22-10)16-5-4-13(20)17-8-11-3-2-6-21-11/h7,9,11H,2-6,8H2,1H3,(H,17,20)(H,16,18,19)/t11-/m1/s1. The summed E-state index contributed by atoms with van der Waals surface area (Å²) in [4.78, 5) is 22.5. The third-order valence-electron chi connectivity index (χ3n) is 3.65. The minimum Gasteiger partial charge on any atom is -0.376 e. The van der Waals surface area contributed by atoms with Crippen LogP contribution in [0.5, 0.6) is 0 Å². The lowest BCUT2D eigenvalue weighted by Gasteiger charge is -2.11. The smallest absolute Gasteiger partial charge is 0.221 e. The van der Waals surface area contributed by atoms with E-state index in [1.54, 1.807) is 17.7 Å². The molecule has 1 aliphatic rings. The third-order valence-corrected chi connectivity index (χ3v) is 4.61. The molecule has 0 aliphatic carbocycles. The van der Waals surface area contributed by atoms with Gasteiger partial charge in [0.15, 0.2) is 0 Å². The zero-order valence-corrected chi connectivity index (χ0v) is 13.4. The van der Waals surface area contributed by atoms with Gasteiger partial charge in [-0.15, -0.1) is 11.3 Å². The second kappa shape index (κ2) is 7.02. The van der Waals surface area contributed by atoms with Crippen LogP contribution >= 0.6 is 11.3 Å². The number of ether oxygens (including phenoxy) is 1. The number of nitrogens with one attached hydrogen (secondary N) is 2. The number of rotatable bonds is 6. The molecule has 1 fully saturated rings. The number of amides is 1. The van der Waals surface area contributed by atoms with Crippen LogP contribution in [0.3, 0.4) is 0 Å². The first-order valence-electron chi connectivity index (χ1n) is 7.55. The summed E-state index contributed by atoms with van der Waals surface area (Å²) < 4.78 is 5.48. The first kappa shape index (κ1) is 15.2. The van der Waals surface area contributed by atoms with Crippen LogP contribution < -0.4 is 10.6 Å². The normalized spacial score (nSPS) is 17.8. The van der Waals surface area contributed by atoms with E-state index in [0.717, 1.165) is 35.5 Å². The average Bonchev–Trinajstić information content (AvgIpc) is 3.13. The Balaban J connectivity index is 1.46. The van der Waals surface area contributed by atoms with Crippen LogP contribution in [-0.2, 0) is 9.53 Å². The third kappa shape index (κ3) is 3.72. The van der Waals surface area contributed by atoms with Crippen molar-refractivity contribution in [3.8, 4) is 0 Å². The van der Waals surface area contributed by atoms with E-state index < -0.39 is 0 Å². The second-order valence-corrected chi connectivity index (χ2v) is 6.65. The Hall–Kier alpha value is -1.73. The van der Waals surface area contributed by atoms with Gasteiger partial charge in [0.05, 0.1) is 11.5 Å². The highest BCUT2D eigenvalue weighted by Crippen LogP contribution is 2.27. The van der Waals surface area contributed by atoms with Gasteiger partial charge in [0, 0.05) is 31.0 Å². The number of thiophene rings is 1. The van der Waals surface area contributed by atoms with Crippen molar-refractivity contribution >= 4 is 33.3 Å². The predicted octanol–water partition coefficient (Wildman–Crippen LogP) is 2.10. The van der Waals surface area contributed by atoms with Crippen LogP contribution in [-0.4, -0.2) is 41.7 Å².